The number of aliphatic carboxylic acids is 1. The van der Waals surface area contributed by atoms with Crippen molar-refractivity contribution in [2.45, 2.75) is 39.5 Å². The van der Waals surface area contributed by atoms with E-state index in [1.807, 2.05) is 0 Å². The van der Waals surface area contributed by atoms with Crippen LogP contribution in [0, 0.1) is 11.8 Å². The predicted molar refractivity (Wildman–Crippen MR) is 73.9 cm³/mol. The number of amides is 1. The highest BCUT2D eigenvalue weighted by Gasteiger charge is 2.30. The quantitative estimate of drug-likeness (QED) is 0.732. The summed E-state index contributed by atoms with van der Waals surface area (Å²) in [5.41, 5.74) is 0. The first kappa shape index (κ1) is 16.0. The zero-order valence-electron chi connectivity index (χ0n) is 12.0. The van der Waals surface area contributed by atoms with Gasteiger partial charge in [-0.15, -0.1) is 0 Å². The van der Waals surface area contributed by atoms with Gasteiger partial charge < -0.3 is 15.3 Å². The molecule has 110 valence electrons. The Hall–Kier alpha value is -1.10. The van der Waals surface area contributed by atoms with E-state index in [4.69, 9.17) is 5.11 Å². The Morgan fingerprint density at radius 3 is 2.42 bits per heavy atom. The van der Waals surface area contributed by atoms with Crippen LogP contribution in [0.15, 0.2) is 0 Å². The molecule has 2 N–H and O–H groups in total. The average molecular weight is 270 g/mol. The normalized spacial score (nSPS) is 23.3. The lowest BCUT2D eigenvalue weighted by Crippen LogP contribution is -2.39. The number of rotatable bonds is 7. The van der Waals surface area contributed by atoms with Crippen molar-refractivity contribution in [1.29, 1.82) is 0 Å². The Morgan fingerprint density at radius 1 is 1.21 bits per heavy atom. The molecule has 1 amide bonds. The molecule has 0 aromatic rings. The molecule has 2 atom stereocenters. The van der Waals surface area contributed by atoms with E-state index in [-0.39, 0.29) is 17.7 Å². The fourth-order valence-corrected chi connectivity index (χ4v) is 2.67. The van der Waals surface area contributed by atoms with Crippen molar-refractivity contribution in [2.24, 2.45) is 11.8 Å². The summed E-state index contributed by atoms with van der Waals surface area (Å²) in [4.78, 5) is 25.2. The third-order valence-corrected chi connectivity index (χ3v) is 4.02. The van der Waals surface area contributed by atoms with E-state index in [0.29, 0.717) is 19.4 Å². The first-order chi connectivity index (χ1) is 9.08. The van der Waals surface area contributed by atoms with Gasteiger partial charge in [0.15, 0.2) is 0 Å². The lowest BCUT2D eigenvalue weighted by Gasteiger charge is -2.26. The van der Waals surface area contributed by atoms with Gasteiger partial charge in [0.05, 0.1) is 5.92 Å². The fourth-order valence-electron chi connectivity index (χ4n) is 2.67. The van der Waals surface area contributed by atoms with Crippen LogP contribution in [0.4, 0.5) is 0 Å². The fraction of sp³-hybridized carbons (Fsp3) is 0.857. The van der Waals surface area contributed by atoms with Crippen molar-refractivity contribution < 1.29 is 14.7 Å². The highest BCUT2D eigenvalue weighted by Crippen LogP contribution is 2.29. The Labute approximate surface area is 115 Å². The van der Waals surface area contributed by atoms with Crippen LogP contribution in [0.2, 0.25) is 0 Å². The van der Waals surface area contributed by atoms with E-state index in [0.717, 1.165) is 32.5 Å². The minimum absolute atomic E-state index is 0.0260. The molecular formula is C14H26N2O3. The summed E-state index contributed by atoms with van der Waals surface area (Å²) < 4.78 is 0. The first-order valence-corrected chi connectivity index (χ1v) is 7.31. The van der Waals surface area contributed by atoms with Crippen LogP contribution >= 0.6 is 0 Å². The Bertz CT molecular complexity index is 303. The molecule has 0 aromatic heterocycles. The second kappa shape index (κ2) is 8.15. The average Bonchev–Trinajstić information content (AvgIpc) is 2.43. The Morgan fingerprint density at radius 2 is 1.84 bits per heavy atom. The molecule has 5 heteroatoms. The molecule has 1 aliphatic carbocycles. The van der Waals surface area contributed by atoms with Crippen molar-refractivity contribution in [1.82, 2.24) is 10.2 Å². The molecule has 19 heavy (non-hydrogen) atoms. The van der Waals surface area contributed by atoms with Crippen LogP contribution in [0.3, 0.4) is 0 Å². The maximum atomic E-state index is 12.0. The summed E-state index contributed by atoms with van der Waals surface area (Å²) in [6, 6.07) is 0. The maximum Gasteiger partial charge on any atom is 0.306 e. The molecular weight excluding hydrogens is 244 g/mol. The second-order valence-electron chi connectivity index (χ2n) is 5.22. The summed E-state index contributed by atoms with van der Waals surface area (Å²) >= 11 is 0. The zero-order chi connectivity index (χ0) is 14.3. The topological polar surface area (TPSA) is 69.6 Å². The number of carbonyl (C=O) groups excluding carboxylic acids is 1. The molecule has 2 unspecified atom stereocenters. The third-order valence-electron chi connectivity index (χ3n) is 4.02. The van der Waals surface area contributed by atoms with Gasteiger partial charge in [0, 0.05) is 19.0 Å². The number of hydrogen-bond donors (Lipinski definition) is 2. The van der Waals surface area contributed by atoms with E-state index in [1.165, 1.54) is 0 Å². The van der Waals surface area contributed by atoms with Gasteiger partial charge in [0.2, 0.25) is 5.91 Å². The minimum atomic E-state index is -0.763. The molecule has 5 nitrogen and oxygen atoms in total. The van der Waals surface area contributed by atoms with Crippen LogP contribution in [0.1, 0.15) is 39.5 Å². The van der Waals surface area contributed by atoms with E-state index in [1.54, 1.807) is 0 Å². The number of nitrogens with zero attached hydrogens (tertiary/aromatic N) is 1. The van der Waals surface area contributed by atoms with Crippen LogP contribution in [-0.4, -0.2) is 48.1 Å². The SMILES string of the molecule is CCN(CC)CCNC(=O)C1CCCC(C(=O)O)C1. The van der Waals surface area contributed by atoms with Crippen LogP contribution in [0.5, 0.6) is 0 Å². The molecule has 0 saturated heterocycles. The number of carbonyl (C=O) groups is 2. The largest absolute Gasteiger partial charge is 0.481 e. The highest BCUT2D eigenvalue weighted by atomic mass is 16.4. The summed E-state index contributed by atoms with van der Waals surface area (Å²) in [6.45, 7) is 7.67. The van der Waals surface area contributed by atoms with Crippen molar-refractivity contribution in [3.63, 3.8) is 0 Å². The van der Waals surface area contributed by atoms with Crippen molar-refractivity contribution >= 4 is 11.9 Å². The molecule has 0 bridgehead atoms. The zero-order valence-corrected chi connectivity index (χ0v) is 12.0. The van der Waals surface area contributed by atoms with Gasteiger partial charge in [-0.1, -0.05) is 20.3 Å². The monoisotopic (exact) mass is 270 g/mol. The smallest absolute Gasteiger partial charge is 0.306 e. The molecule has 1 saturated carbocycles. The molecule has 0 radical (unpaired) electrons. The molecule has 1 fully saturated rings. The van der Waals surface area contributed by atoms with Crippen molar-refractivity contribution in [3.8, 4) is 0 Å². The van der Waals surface area contributed by atoms with E-state index in [2.05, 4.69) is 24.1 Å². The van der Waals surface area contributed by atoms with Crippen molar-refractivity contribution in [2.75, 3.05) is 26.2 Å². The van der Waals surface area contributed by atoms with Gasteiger partial charge >= 0.3 is 5.97 Å². The Kier molecular flexibility index (Phi) is 6.84. The third kappa shape index (κ3) is 5.19. The van der Waals surface area contributed by atoms with Gasteiger partial charge in [-0.05, 0) is 32.4 Å². The molecule has 1 aliphatic rings. The summed E-state index contributed by atoms with van der Waals surface area (Å²) in [5.74, 6) is -1.20. The van der Waals surface area contributed by atoms with E-state index >= 15 is 0 Å². The van der Waals surface area contributed by atoms with Gasteiger partial charge in [0.1, 0.15) is 0 Å². The lowest BCUT2D eigenvalue weighted by atomic mass is 9.81. The maximum absolute atomic E-state index is 12.0. The number of likely N-dealkylation sites (N-methyl/N-ethyl adjacent to an activating group) is 1. The van der Waals surface area contributed by atoms with E-state index in [9.17, 15) is 9.59 Å². The molecule has 0 spiro atoms. The number of nitrogens with one attached hydrogen (secondary N) is 1. The van der Waals surface area contributed by atoms with Crippen LogP contribution < -0.4 is 5.32 Å². The predicted octanol–water partition coefficient (Wildman–Crippen LogP) is 1.34. The first-order valence-electron chi connectivity index (χ1n) is 7.31. The van der Waals surface area contributed by atoms with Crippen LogP contribution in [-0.2, 0) is 9.59 Å². The molecule has 0 aromatic carbocycles. The van der Waals surface area contributed by atoms with Gasteiger partial charge in [-0.3, -0.25) is 9.59 Å². The number of carboxylic acid groups (broad SMARTS) is 1. The standard InChI is InChI=1S/C14H26N2O3/c1-3-16(4-2)9-8-15-13(17)11-6-5-7-12(10-11)14(18)19/h11-12H,3-10H2,1-2H3,(H,15,17)(H,18,19). The molecule has 0 aliphatic heterocycles. The molecule has 0 heterocycles. The molecule has 1 rings (SSSR count). The summed E-state index contributed by atoms with van der Waals surface area (Å²) in [5, 5.41) is 11.9. The van der Waals surface area contributed by atoms with Gasteiger partial charge in [0.25, 0.3) is 0 Å². The second-order valence-corrected chi connectivity index (χ2v) is 5.22. The summed E-state index contributed by atoms with van der Waals surface area (Å²) in [6.07, 6.45) is 2.86. The minimum Gasteiger partial charge on any atom is -0.481 e. The lowest BCUT2D eigenvalue weighted by molar-refractivity contribution is -0.144. The van der Waals surface area contributed by atoms with Gasteiger partial charge in [-0.25, -0.2) is 0 Å². The van der Waals surface area contributed by atoms with Crippen LogP contribution in [0.25, 0.3) is 0 Å². The summed E-state index contributed by atoms with van der Waals surface area (Å²) in [7, 11) is 0. The highest BCUT2D eigenvalue weighted by molar-refractivity contribution is 5.80. The number of carboxylic acids is 1. The van der Waals surface area contributed by atoms with E-state index < -0.39 is 5.97 Å². The van der Waals surface area contributed by atoms with Gasteiger partial charge in [-0.2, -0.15) is 0 Å². The number of hydrogen-bond acceptors (Lipinski definition) is 3. The Balaban J connectivity index is 2.31. The van der Waals surface area contributed by atoms with Crippen molar-refractivity contribution in [3.05, 3.63) is 0 Å².